The van der Waals surface area contributed by atoms with Gasteiger partial charge in [0, 0.05) is 22.8 Å². The average molecular weight is 411 g/mol. The van der Waals surface area contributed by atoms with Crippen LogP contribution in [0.25, 0.3) is 6.08 Å². The lowest BCUT2D eigenvalue weighted by Crippen LogP contribution is -2.45. The number of hydrogen-bond donors (Lipinski definition) is 1. The number of allylic oxidation sites excluding steroid dienone is 2. The Morgan fingerprint density at radius 3 is 2.42 bits per heavy atom. The molecule has 3 rings (SSSR count). The molecule has 0 saturated carbocycles. The minimum atomic E-state index is -0.457. The molecule has 2 amide bonds. The van der Waals surface area contributed by atoms with Gasteiger partial charge in [-0.15, -0.1) is 0 Å². The molecule has 0 saturated heterocycles. The summed E-state index contributed by atoms with van der Waals surface area (Å²) in [6.45, 7) is 1.80. The lowest BCUT2D eigenvalue weighted by atomic mass is 9.91. The lowest BCUT2D eigenvalue weighted by molar-refractivity contribution is -0.111. The number of carbonyl (C=O) groups is 2. The summed E-state index contributed by atoms with van der Waals surface area (Å²) in [5.41, 5.74) is 3.05. The van der Waals surface area contributed by atoms with Gasteiger partial charge in [-0.05, 0) is 36.3 Å². The van der Waals surface area contributed by atoms with Crippen LogP contribution in [0.2, 0.25) is 0 Å². The van der Waals surface area contributed by atoms with E-state index in [0.29, 0.717) is 11.3 Å². The number of nitrogens with one attached hydrogen (secondary N) is 1. The minimum absolute atomic E-state index is 0.119. The maximum atomic E-state index is 13.0. The third kappa shape index (κ3) is 3.78. The monoisotopic (exact) mass is 410 g/mol. The van der Waals surface area contributed by atoms with Gasteiger partial charge in [0.1, 0.15) is 0 Å². The molecule has 2 aromatic carbocycles. The van der Waals surface area contributed by atoms with E-state index in [4.69, 9.17) is 0 Å². The van der Waals surface area contributed by atoms with Crippen LogP contribution in [0.15, 0.2) is 76.4 Å². The molecular formula is C21H19BrN2O2. The molecule has 0 spiro atoms. The largest absolute Gasteiger partial charge is 0.327 e. The van der Waals surface area contributed by atoms with Gasteiger partial charge >= 0.3 is 6.03 Å². The topological polar surface area (TPSA) is 49.4 Å². The van der Waals surface area contributed by atoms with E-state index in [1.165, 1.54) is 4.90 Å². The van der Waals surface area contributed by atoms with Crippen molar-refractivity contribution in [2.45, 2.75) is 13.0 Å². The molecule has 1 atom stereocenters. The number of hydrogen-bond acceptors (Lipinski definition) is 2. The zero-order chi connectivity index (χ0) is 18.7. The van der Waals surface area contributed by atoms with E-state index in [2.05, 4.69) is 21.2 Å². The quantitative estimate of drug-likeness (QED) is 0.742. The zero-order valence-electron chi connectivity index (χ0n) is 14.6. The van der Waals surface area contributed by atoms with Gasteiger partial charge in [0.05, 0.1) is 6.04 Å². The molecule has 0 bridgehead atoms. The van der Waals surface area contributed by atoms with Crippen molar-refractivity contribution >= 4 is 33.8 Å². The Kier molecular flexibility index (Phi) is 5.38. The fraction of sp³-hybridized carbons (Fsp3) is 0.143. The molecule has 2 aromatic rings. The van der Waals surface area contributed by atoms with Gasteiger partial charge in [0.15, 0.2) is 5.78 Å². The third-order valence-corrected chi connectivity index (χ3v) is 4.98. The van der Waals surface area contributed by atoms with Crippen molar-refractivity contribution in [1.29, 1.82) is 0 Å². The van der Waals surface area contributed by atoms with Gasteiger partial charge in [-0.1, -0.05) is 64.5 Å². The van der Waals surface area contributed by atoms with Gasteiger partial charge in [0.2, 0.25) is 0 Å². The number of urea groups is 1. The molecular weight excluding hydrogens is 392 g/mol. The fourth-order valence-corrected chi connectivity index (χ4v) is 3.15. The first-order chi connectivity index (χ1) is 12.5. The first-order valence-corrected chi connectivity index (χ1v) is 9.04. The smallest absolute Gasteiger partial charge is 0.322 e. The summed E-state index contributed by atoms with van der Waals surface area (Å²) in [5, 5.41) is 2.92. The second-order valence-corrected chi connectivity index (χ2v) is 7.02. The Hall–Kier alpha value is -2.66. The Labute approximate surface area is 161 Å². The number of halogens is 1. The summed E-state index contributed by atoms with van der Waals surface area (Å²) in [5.74, 6) is -0.119. The van der Waals surface area contributed by atoms with E-state index in [1.54, 1.807) is 26.1 Å². The first kappa shape index (κ1) is 18.1. The van der Waals surface area contributed by atoms with E-state index in [-0.39, 0.29) is 11.8 Å². The average Bonchev–Trinajstić information content (AvgIpc) is 2.66. The molecule has 0 fully saturated rings. The summed E-state index contributed by atoms with van der Waals surface area (Å²) >= 11 is 3.40. The van der Waals surface area contributed by atoms with Crippen molar-refractivity contribution in [2.24, 2.45) is 0 Å². The van der Waals surface area contributed by atoms with E-state index in [9.17, 15) is 9.59 Å². The Morgan fingerprint density at radius 2 is 1.77 bits per heavy atom. The van der Waals surface area contributed by atoms with Crippen molar-refractivity contribution in [3.63, 3.8) is 0 Å². The second kappa shape index (κ2) is 7.70. The molecule has 1 aliphatic rings. The highest BCUT2D eigenvalue weighted by molar-refractivity contribution is 9.10. The highest BCUT2D eigenvalue weighted by Gasteiger charge is 2.32. The molecule has 26 heavy (non-hydrogen) atoms. The van der Waals surface area contributed by atoms with E-state index in [0.717, 1.165) is 15.6 Å². The van der Waals surface area contributed by atoms with Crippen molar-refractivity contribution in [3.8, 4) is 0 Å². The van der Waals surface area contributed by atoms with Gasteiger partial charge in [-0.2, -0.15) is 0 Å². The molecule has 1 aliphatic heterocycles. The maximum absolute atomic E-state index is 13.0. The number of carbonyl (C=O) groups excluding carboxylic acids is 2. The normalized spacial score (nSPS) is 17.6. The molecule has 0 aliphatic carbocycles. The van der Waals surface area contributed by atoms with Crippen LogP contribution in [0, 0.1) is 0 Å². The molecule has 1 unspecified atom stereocenters. The molecule has 4 nitrogen and oxygen atoms in total. The van der Waals surface area contributed by atoms with Crippen LogP contribution < -0.4 is 5.32 Å². The predicted octanol–water partition coefficient (Wildman–Crippen LogP) is 4.70. The molecule has 1 heterocycles. The number of ketones is 1. The first-order valence-electron chi connectivity index (χ1n) is 8.25. The summed E-state index contributed by atoms with van der Waals surface area (Å²) in [6, 6.07) is 16.6. The van der Waals surface area contributed by atoms with Crippen LogP contribution in [0.5, 0.6) is 0 Å². The van der Waals surface area contributed by atoms with Crippen LogP contribution in [0.4, 0.5) is 4.79 Å². The predicted molar refractivity (Wildman–Crippen MR) is 106 cm³/mol. The van der Waals surface area contributed by atoms with Gasteiger partial charge in [0.25, 0.3) is 0 Å². The number of benzene rings is 2. The van der Waals surface area contributed by atoms with E-state index in [1.807, 2.05) is 54.6 Å². The summed E-state index contributed by atoms with van der Waals surface area (Å²) in [7, 11) is 1.66. The van der Waals surface area contributed by atoms with Crippen molar-refractivity contribution in [2.75, 3.05) is 7.05 Å². The van der Waals surface area contributed by atoms with Gasteiger partial charge in [-0.25, -0.2) is 4.79 Å². The summed E-state index contributed by atoms with van der Waals surface area (Å²) < 4.78 is 0.986. The van der Waals surface area contributed by atoms with E-state index < -0.39 is 6.04 Å². The SMILES string of the molecule is CC1=C(C(=O)/C=C/c2ccc(Br)cc2)C(c2ccccc2)NC(=O)N1C. The zero-order valence-corrected chi connectivity index (χ0v) is 16.2. The Morgan fingerprint density at radius 1 is 1.12 bits per heavy atom. The molecule has 132 valence electrons. The number of rotatable bonds is 4. The Bertz CT molecular complexity index is 886. The van der Waals surface area contributed by atoms with E-state index >= 15 is 0 Å². The lowest BCUT2D eigenvalue weighted by Gasteiger charge is -2.33. The molecule has 0 aromatic heterocycles. The standard InChI is InChI=1S/C21H19BrN2O2/c1-14-19(18(25)13-10-15-8-11-17(22)12-9-15)20(23-21(26)24(14)2)16-6-4-3-5-7-16/h3-13,20H,1-2H3,(H,23,26)/b13-10+. The summed E-state index contributed by atoms with van der Waals surface area (Å²) in [6.07, 6.45) is 3.34. The second-order valence-electron chi connectivity index (χ2n) is 6.10. The summed E-state index contributed by atoms with van der Waals surface area (Å²) in [4.78, 5) is 26.6. The Balaban J connectivity index is 1.96. The maximum Gasteiger partial charge on any atom is 0.322 e. The molecule has 0 radical (unpaired) electrons. The van der Waals surface area contributed by atoms with Gasteiger partial charge < -0.3 is 10.2 Å². The fourth-order valence-electron chi connectivity index (χ4n) is 2.89. The molecule has 1 N–H and O–H groups in total. The molecule has 5 heteroatoms. The van der Waals surface area contributed by atoms with Crippen LogP contribution in [-0.4, -0.2) is 23.8 Å². The third-order valence-electron chi connectivity index (χ3n) is 4.45. The number of amides is 2. The van der Waals surface area contributed by atoms with Crippen LogP contribution >= 0.6 is 15.9 Å². The van der Waals surface area contributed by atoms with Crippen LogP contribution in [0.3, 0.4) is 0 Å². The van der Waals surface area contributed by atoms with Crippen LogP contribution in [-0.2, 0) is 4.79 Å². The highest BCUT2D eigenvalue weighted by atomic mass is 79.9. The minimum Gasteiger partial charge on any atom is -0.327 e. The van der Waals surface area contributed by atoms with Gasteiger partial charge in [-0.3, -0.25) is 4.79 Å². The van der Waals surface area contributed by atoms with Crippen molar-refractivity contribution in [1.82, 2.24) is 10.2 Å². The van der Waals surface area contributed by atoms with Crippen LogP contribution in [0.1, 0.15) is 24.1 Å². The van der Waals surface area contributed by atoms with Crippen molar-refractivity contribution < 1.29 is 9.59 Å². The van der Waals surface area contributed by atoms with Crippen molar-refractivity contribution in [3.05, 3.63) is 87.5 Å². The highest BCUT2D eigenvalue weighted by Crippen LogP contribution is 2.30. The number of nitrogens with zero attached hydrogens (tertiary/aromatic N) is 1.